The third-order valence-corrected chi connectivity index (χ3v) is 1.55. The van der Waals surface area contributed by atoms with E-state index in [1.54, 1.807) is 0 Å². The Balaban J connectivity index is 3.11. The van der Waals surface area contributed by atoms with Gasteiger partial charge in [0.2, 0.25) is 0 Å². The molecule has 4 nitrogen and oxygen atoms in total. The number of nitriles is 1. The lowest BCUT2D eigenvalue weighted by Gasteiger charge is -2.04. The van der Waals surface area contributed by atoms with Gasteiger partial charge in [-0.2, -0.15) is 5.26 Å². The highest BCUT2D eigenvalue weighted by Crippen LogP contribution is 2.23. The molecule has 1 heterocycles. The molecular weight excluding hydrogens is 178 g/mol. The Bertz CT molecular complexity index is 321. The minimum absolute atomic E-state index is 0.172. The molecule has 0 radical (unpaired) electrons. The van der Waals surface area contributed by atoms with Crippen LogP contribution >= 0.6 is 11.6 Å². The van der Waals surface area contributed by atoms with Crippen LogP contribution in [0.2, 0.25) is 5.15 Å². The average molecular weight is 184 g/mol. The number of hydrogen-bond donors (Lipinski definition) is 0. The molecule has 5 heteroatoms. The van der Waals surface area contributed by atoms with E-state index in [1.165, 1.54) is 13.4 Å². The van der Waals surface area contributed by atoms with Crippen LogP contribution in [-0.2, 0) is 6.42 Å². The molecule has 0 spiro atoms. The van der Waals surface area contributed by atoms with Crippen molar-refractivity contribution in [1.29, 1.82) is 5.26 Å². The molecule has 0 amide bonds. The first-order chi connectivity index (χ1) is 5.79. The third-order valence-electron chi connectivity index (χ3n) is 1.28. The van der Waals surface area contributed by atoms with Gasteiger partial charge in [-0.15, -0.1) is 0 Å². The molecule has 1 rings (SSSR count). The Hall–Kier alpha value is -1.34. The van der Waals surface area contributed by atoms with Gasteiger partial charge in [-0.3, -0.25) is 0 Å². The molecule has 0 fully saturated rings. The van der Waals surface area contributed by atoms with Gasteiger partial charge >= 0.3 is 0 Å². The second-order valence-electron chi connectivity index (χ2n) is 1.98. The maximum Gasteiger partial charge on any atom is 0.178 e. The van der Waals surface area contributed by atoms with E-state index in [2.05, 4.69) is 9.97 Å². The summed E-state index contributed by atoms with van der Waals surface area (Å²) in [6, 6.07) is 1.96. The number of nitrogens with zero attached hydrogens (tertiary/aromatic N) is 3. The largest absolute Gasteiger partial charge is 0.492 e. The minimum Gasteiger partial charge on any atom is -0.492 e. The Morgan fingerprint density at radius 2 is 2.42 bits per heavy atom. The number of halogens is 1. The van der Waals surface area contributed by atoms with Gasteiger partial charge in [-0.1, -0.05) is 11.6 Å². The second-order valence-corrected chi connectivity index (χ2v) is 2.34. The summed E-state index contributed by atoms with van der Waals surface area (Å²) in [5.41, 5.74) is 0.514. The summed E-state index contributed by atoms with van der Waals surface area (Å²) in [5.74, 6) is 0.376. The molecule has 0 aliphatic heterocycles. The van der Waals surface area contributed by atoms with Crippen LogP contribution in [0.1, 0.15) is 5.69 Å². The maximum atomic E-state index is 8.42. The van der Waals surface area contributed by atoms with E-state index in [1.807, 2.05) is 6.07 Å². The zero-order chi connectivity index (χ0) is 8.97. The summed E-state index contributed by atoms with van der Waals surface area (Å²) < 4.78 is 4.92. The van der Waals surface area contributed by atoms with Gasteiger partial charge in [0.05, 0.1) is 19.6 Å². The van der Waals surface area contributed by atoms with Crippen LogP contribution in [0.15, 0.2) is 6.33 Å². The predicted molar refractivity (Wildman–Crippen MR) is 42.9 cm³/mol. The molecule has 0 aliphatic carbocycles. The van der Waals surface area contributed by atoms with Crippen molar-refractivity contribution in [3.8, 4) is 11.8 Å². The van der Waals surface area contributed by atoms with Gasteiger partial charge < -0.3 is 4.74 Å². The lowest BCUT2D eigenvalue weighted by atomic mass is 10.3. The van der Waals surface area contributed by atoms with Crippen molar-refractivity contribution in [3.63, 3.8) is 0 Å². The third kappa shape index (κ3) is 1.63. The highest BCUT2D eigenvalue weighted by molar-refractivity contribution is 6.30. The zero-order valence-electron chi connectivity index (χ0n) is 6.41. The molecule has 0 atom stereocenters. The van der Waals surface area contributed by atoms with Crippen LogP contribution in [0.4, 0.5) is 0 Å². The minimum atomic E-state index is 0.172. The molecule has 0 unspecified atom stereocenters. The van der Waals surface area contributed by atoms with Gasteiger partial charge in [0.25, 0.3) is 0 Å². The van der Waals surface area contributed by atoms with Crippen molar-refractivity contribution < 1.29 is 4.74 Å². The Labute approximate surface area is 74.8 Å². The number of aromatic nitrogens is 2. The van der Waals surface area contributed by atoms with Crippen molar-refractivity contribution in [2.75, 3.05) is 7.11 Å². The molecule has 1 aromatic rings. The van der Waals surface area contributed by atoms with Crippen LogP contribution < -0.4 is 4.74 Å². The fraction of sp³-hybridized carbons (Fsp3) is 0.286. The van der Waals surface area contributed by atoms with Crippen LogP contribution in [0.25, 0.3) is 0 Å². The lowest BCUT2D eigenvalue weighted by Crippen LogP contribution is -1.96. The maximum absolute atomic E-state index is 8.42. The van der Waals surface area contributed by atoms with Crippen LogP contribution in [0.3, 0.4) is 0 Å². The van der Waals surface area contributed by atoms with E-state index < -0.39 is 0 Å². The second kappa shape index (κ2) is 3.88. The number of rotatable bonds is 2. The van der Waals surface area contributed by atoms with Gasteiger partial charge in [-0.05, 0) is 0 Å². The first kappa shape index (κ1) is 8.75. The fourth-order valence-electron chi connectivity index (χ4n) is 0.788. The smallest absolute Gasteiger partial charge is 0.178 e. The molecule has 0 aliphatic rings. The highest BCUT2D eigenvalue weighted by atomic mass is 35.5. The topological polar surface area (TPSA) is 58.8 Å². The Kier molecular flexibility index (Phi) is 2.83. The monoisotopic (exact) mass is 183 g/mol. The summed E-state index contributed by atoms with van der Waals surface area (Å²) in [6.45, 7) is 0. The number of methoxy groups -OCH3 is 1. The van der Waals surface area contributed by atoms with Crippen LogP contribution in [0, 0.1) is 11.3 Å². The quantitative estimate of drug-likeness (QED) is 0.647. The van der Waals surface area contributed by atoms with Crippen molar-refractivity contribution in [1.82, 2.24) is 9.97 Å². The molecule has 0 saturated carbocycles. The van der Waals surface area contributed by atoms with Gasteiger partial charge in [0, 0.05) is 0 Å². The molecule has 1 aromatic heterocycles. The molecule has 0 N–H and O–H groups in total. The first-order valence-corrected chi connectivity index (χ1v) is 3.57. The SMILES string of the molecule is COc1c(Cl)ncnc1CC#N. The predicted octanol–water partition coefficient (Wildman–Crippen LogP) is 1.20. The first-order valence-electron chi connectivity index (χ1n) is 3.20. The molecular formula is C7H6ClN3O. The summed E-state index contributed by atoms with van der Waals surface area (Å²) >= 11 is 5.68. The summed E-state index contributed by atoms with van der Waals surface area (Å²) in [5, 5.41) is 8.66. The fourth-order valence-corrected chi connectivity index (χ4v) is 1.02. The van der Waals surface area contributed by atoms with E-state index in [0.29, 0.717) is 11.4 Å². The van der Waals surface area contributed by atoms with E-state index in [-0.39, 0.29) is 11.6 Å². The van der Waals surface area contributed by atoms with Crippen molar-refractivity contribution >= 4 is 11.6 Å². The van der Waals surface area contributed by atoms with E-state index in [4.69, 9.17) is 21.6 Å². The van der Waals surface area contributed by atoms with E-state index >= 15 is 0 Å². The standard InChI is InChI=1S/C7H6ClN3O/c1-12-6-5(2-3-9)10-4-11-7(6)8/h4H,2H2,1H3. The van der Waals surface area contributed by atoms with Crippen molar-refractivity contribution in [2.45, 2.75) is 6.42 Å². The molecule has 62 valence electrons. The summed E-state index contributed by atoms with van der Waals surface area (Å²) in [7, 11) is 1.46. The van der Waals surface area contributed by atoms with Crippen LogP contribution in [-0.4, -0.2) is 17.1 Å². The Morgan fingerprint density at radius 3 is 3.00 bits per heavy atom. The lowest BCUT2D eigenvalue weighted by molar-refractivity contribution is 0.406. The number of ether oxygens (including phenoxy) is 1. The van der Waals surface area contributed by atoms with Gasteiger partial charge in [0.1, 0.15) is 12.0 Å². The van der Waals surface area contributed by atoms with Gasteiger partial charge in [0.15, 0.2) is 10.9 Å². The normalized spacial score (nSPS) is 9.08. The number of hydrogen-bond acceptors (Lipinski definition) is 4. The van der Waals surface area contributed by atoms with Crippen LogP contribution in [0.5, 0.6) is 5.75 Å². The molecule has 0 aromatic carbocycles. The average Bonchev–Trinajstić information content (AvgIpc) is 2.05. The van der Waals surface area contributed by atoms with E-state index in [9.17, 15) is 0 Å². The Morgan fingerprint density at radius 1 is 1.67 bits per heavy atom. The van der Waals surface area contributed by atoms with Crippen molar-refractivity contribution in [3.05, 3.63) is 17.2 Å². The summed E-state index contributed by atoms with van der Waals surface area (Å²) in [6.07, 6.45) is 1.48. The molecule has 0 saturated heterocycles. The zero-order valence-corrected chi connectivity index (χ0v) is 7.17. The molecule has 0 bridgehead atoms. The van der Waals surface area contributed by atoms with Gasteiger partial charge in [-0.25, -0.2) is 9.97 Å². The van der Waals surface area contributed by atoms with E-state index in [0.717, 1.165) is 0 Å². The molecule has 12 heavy (non-hydrogen) atoms. The van der Waals surface area contributed by atoms with Crippen molar-refractivity contribution in [2.24, 2.45) is 0 Å². The summed E-state index contributed by atoms with van der Waals surface area (Å²) in [4.78, 5) is 7.57. The highest BCUT2D eigenvalue weighted by Gasteiger charge is 2.08.